The molecule has 1 aromatic heterocycles. The van der Waals surface area contributed by atoms with Gasteiger partial charge in [0, 0.05) is 12.6 Å². The third-order valence-corrected chi connectivity index (χ3v) is 3.75. The van der Waals surface area contributed by atoms with E-state index in [1.807, 2.05) is 36.4 Å². The fraction of sp³-hybridized carbons (Fsp3) is 0.267. The molecular weight excluding hydrogens is 258 g/mol. The van der Waals surface area contributed by atoms with E-state index in [2.05, 4.69) is 12.2 Å². The Morgan fingerprint density at radius 3 is 2.68 bits per heavy atom. The van der Waals surface area contributed by atoms with Gasteiger partial charge in [-0.05, 0) is 24.6 Å². The molecule has 0 radical (unpaired) electrons. The van der Waals surface area contributed by atoms with E-state index >= 15 is 0 Å². The van der Waals surface area contributed by atoms with Crippen molar-refractivity contribution >= 4 is 17.2 Å². The molecule has 1 heterocycles. The Morgan fingerprint density at radius 1 is 1.32 bits per heavy atom. The van der Waals surface area contributed by atoms with Crippen LogP contribution in [0.5, 0.6) is 10.8 Å². The zero-order chi connectivity index (χ0) is 13.7. The highest BCUT2D eigenvalue weighted by molar-refractivity contribution is 7.16. The second kappa shape index (κ2) is 6.38. The zero-order valence-corrected chi connectivity index (χ0v) is 11.9. The predicted octanol–water partition coefficient (Wildman–Crippen LogP) is 3.85. The molecule has 0 atom stereocenters. The van der Waals surface area contributed by atoms with E-state index < -0.39 is 0 Å². The van der Waals surface area contributed by atoms with Crippen molar-refractivity contribution in [3.8, 4) is 10.8 Å². The summed E-state index contributed by atoms with van der Waals surface area (Å²) in [6.07, 6.45) is 1.94. The van der Waals surface area contributed by atoms with Gasteiger partial charge in [-0.2, -0.15) is 0 Å². The molecule has 0 aliphatic carbocycles. The van der Waals surface area contributed by atoms with E-state index in [1.54, 1.807) is 7.05 Å². The van der Waals surface area contributed by atoms with Crippen LogP contribution in [0.2, 0.25) is 0 Å². The number of amides is 1. The maximum absolute atomic E-state index is 11.7. The minimum Gasteiger partial charge on any atom is -0.446 e. The van der Waals surface area contributed by atoms with E-state index in [0.29, 0.717) is 4.88 Å². The van der Waals surface area contributed by atoms with Crippen molar-refractivity contribution in [3.05, 3.63) is 46.8 Å². The summed E-state index contributed by atoms with van der Waals surface area (Å²) in [7, 11) is 1.64. The average Bonchev–Trinajstić information content (AvgIpc) is 2.83. The lowest BCUT2D eigenvalue weighted by atomic mass is 10.2. The summed E-state index contributed by atoms with van der Waals surface area (Å²) in [5, 5.41) is 3.46. The lowest BCUT2D eigenvalue weighted by molar-refractivity contribution is 0.0967. The van der Waals surface area contributed by atoms with Gasteiger partial charge in [-0.3, -0.25) is 4.79 Å². The average molecular weight is 275 g/mol. The summed E-state index contributed by atoms with van der Waals surface area (Å²) in [5.41, 5.74) is 1.09. The molecule has 4 heteroatoms. The van der Waals surface area contributed by atoms with Crippen molar-refractivity contribution in [2.75, 3.05) is 7.05 Å². The van der Waals surface area contributed by atoms with Crippen LogP contribution in [0.1, 0.15) is 28.6 Å². The fourth-order valence-corrected chi connectivity index (χ4v) is 2.80. The monoisotopic (exact) mass is 275 g/mol. The van der Waals surface area contributed by atoms with Crippen molar-refractivity contribution in [2.45, 2.75) is 19.8 Å². The number of para-hydroxylation sites is 1. The first-order valence-electron chi connectivity index (χ1n) is 6.32. The second-order valence-electron chi connectivity index (χ2n) is 4.17. The van der Waals surface area contributed by atoms with E-state index in [-0.39, 0.29) is 5.91 Å². The Kier molecular flexibility index (Phi) is 4.58. The van der Waals surface area contributed by atoms with Gasteiger partial charge in [0.05, 0.1) is 4.88 Å². The van der Waals surface area contributed by atoms with Gasteiger partial charge < -0.3 is 10.1 Å². The highest BCUT2D eigenvalue weighted by atomic mass is 32.1. The molecular formula is C15H17NO2S. The van der Waals surface area contributed by atoms with Crippen LogP contribution in [0.15, 0.2) is 36.4 Å². The van der Waals surface area contributed by atoms with Gasteiger partial charge in [-0.25, -0.2) is 0 Å². The molecule has 1 N–H and O–H groups in total. The summed E-state index contributed by atoms with van der Waals surface area (Å²) in [6.45, 7) is 2.11. The lowest BCUT2D eigenvalue weighted by Gasteiger charge is -2.05. The maximum Gasteiger partial charge on any atom is 0.261 e. The smallest absolute Gasteiger partial charge is 0.261 e. The predicted molar refractivity (Wildman–Crippen MR) is 78.2 cm³/mol. The largest absolute Gasteiger partial charge is 0.446 e. The molecule has 19 heavy (non-hydrogen) atoms. The number of benzene rings is 1. The van der Waals surface area contributed by atoms with Crippen LogP contribution < -0.4 is 10.1 Å². The summed E-state index contributed by atoms with van der Waals surface area (Å²) in [5.74, 6) is 0.732. The Bertz CT molecular complexity index is 549. The molecule has 0 aliphatic rings. The number of aryl methyl sites for hydroxylation is 1. The molecule has 0 unspecified atom stereocenters. The maximum atomic E-state index is 11.7. The summed E-state index contributed by atoms with van der Waals surface area (Å²) in [6, 6.07) is 11.6. The zero-order valence-electron chi connectivity index (χ0n) is 11.1. The minimum absolute atomic E-state index is 0.0646. The van der Waals surface area contributed by atoms with Gasteiger partial charge in [0.2, 0.25) is 0 Å². The molecule has 0 bridgehead atoms. The van der Waals surface area contributed by atoms with Gasteiger partial charge in [-0.15, -0.1) is 0 Å². The van der Waals surface area contributed by atoms with Crippen LogP contribution in [0, 0.1) is 0 Å². The van der Waals surface area contributed by atoms with E-state index in [4.69, 9.17) is 4.74 Å². The van der Waals surface area contributed by atoms with Crippen LogP contribution in [0.4, 0.5) is 0 Å². The second-order valence-corrected chi connectivity index (χ2v) is 5.18. The van der Waals surface area contributed by atoms with Crippen molar-refractivity contribution in [3.63, 3.8) is 0 Å². The van der Waals surface area contributed by atoms with E-state index in [9.17, 15) is 4.79 Å². The Morgan fingerprint density at radius 2 is 2.05 bits per heavy atom. The Hall–Kier alpha value is -1.81. The summed E-state index contributed by atoms with van der Waals surface area (Å²) in [4.78, 5) is 12.4. The van der Waals surface area contributed by atoms with Crippen LogP contribution in [-0.4, -0.2) is 13.0 Å². The number of rotatable bonds is 5. The topological polar surface area (TPSA) is 38.3 Å². The van der Waals surface area contributed by atoms with Gasteiger partial charge in [-0.1, -0.05) is 42.9 Å². The molecule has 0 fully saturated rings. The van der Waals surface area contributed by atoms with Crippen LogP contribution in [-0.2, 0) is 6.42 Å². The van der Waals surface area contributed by atoms with Crippen molar-refractivity contribution in [1.29, 1.82) is 0 Å². The number of hydrogen-bond donors (Lipinski definition) is 1. The van der Waals surface area contributed by atoms with Gasteiger partial charge in [0.15, 0.2) is 5.06 Å². The molecule has 0 saturated carbocycles. The van der Waals surface area contributed by atoms with E-state index in [1.165, 1.54) is 11.3 Å². The normalized spacial score (nSPS) is 10.2. The van der Waals surface area contributed by atoms with Crippen molar-refractivity contribution < 1.29 is 9.53 Å². The molecule has 1 amide bonds. The molecule has 3 nitrogen and oxygen atoms in total. The first kappa shape index (κ1) is 13.6. The minimum atomic E-state index is -0.0646. The lowest BCUT2D eigenvalue weighted by Crippen LogP contribution is -2.16. The SMILES string of the molecule is CCCc1cc(C(=O)NC)sc1Oc1ccccc1. The first-order chi connectivity index (χ1) is 9.24. The molecule has 0 saturated heterocycles. The van der Waals surface area contributed by atoms with Gasteiger partial charge in [0.25, 0.3) is 5.91 Å². The number of carbonyl (C=O) groups is 1. The van der Waals surface area contributed by atoms with Crippen molar-refractivity contribution in [2.24, 2.45) is 0 Å². The third kappa shape index (κ3) is 3.35. The summed E-state index contributed by atoms with van der Waals surface area (Å²) < 4.78 is 5.88. The number of nitrogens with one attached hydrogen (secondary N) is 1. The molecule has 100 valence electrons. The fourth-order valence-electron chi connectivity index (χ4n) is 1.77. The number of thiophene rings is 1. The standard InChI is InChI=1S/C15H17NO2S/c1-3-7-11-10-13(14(17)16-2)19-15(11)18-12-8-5-4-6-9-12/h4-6,8-10H,3,7H2,1-2H3,(H,16,17). The molecule has 0 aliphatic heterocycles. The molecule has 2 aromatic rings. The molecule has 1 aromatic carbocycles. The Balaban J connectivity index is 2.27. The quantitative estimate of drug-likeness (QED) is 0.900. The van der Waals surface area contributed by atoms with E-state index in [0.717, 1.165) is 29.2 Å². The number of carbonyl (C=O) groups excluding carboxylic acids is 1. The third-order valence-electron chi connectivity index (χ3n) is 2.69. The number of hydrogen-bond acceptors (Lipinski definition) is 3. The highest BCUT2D eigenvalue weighted by Gasteiger charge is 2.14. The summed E-state index contributed by atoms with van der Waals surface area (Å²) >= 11 is 1.39. The number of ether oxygens (including phenoxy) is 1. The highest BCUT2D eigenvalue weighted by Crippen LogP contribution is 2.35. The Labute approximate surface area is 117 Å². The van der Waals surface area contributed by atoms with Crippen LogP contribution >= 0.6 is 11.3 Å². The van der Waals surface area contributed by atoms with Gasteiger partial charge in [0.1, 0.15) is 5.75 Å². The van der Waals surface area contributed by atoms with Crippen LogP contribution in [0.3, 0.4) is 0 Å². The van der Waals surface area contributed by atoms with Crippen molar-refractivity contribution in [1.82, 2.24) is 5.32 Å². The van der Waals surface area contributed by atoms with Gasteiger partial charge >= 0.3 is 0 Å². The first-order valence-corrected chi connectivity index (χ1v) is 7.14. The van der Waals surface area contributed by atoms with Crippen LogP contribution in [0.25, 0.3) is 0 Å². The molecule has 0 spiro atoms. The molecule has 2 rings (SSSR count).